The molecule has 1 unspecified atom stereocenters. The molecule has 1 aliphatic carbocycles. The number of rotatable bonds is 13. The lowest BCUT2D eigenvalue weighted by Gasteiger charge is -2.34. The standard InChI is InChI=1S/C38H42ClN3O5S/c1-3-36(38(44)40-31-10-6-4-7-11-31)41(26-29-16-18-30(39)19-17-29)37(43)27-42(48(45,46)35-24-14-28(2)15-25-35)32-20-22-34(23-21-32)47-33-12-8-5-9-13-33/h5,8-9,12-25,31,36H,3-4,6-7,10-11,26-27H2,1-2H3,(H,40,44). The minimum absolute atomic E-state index is 0.0526. The van der Waals surface area contributed by atoms with Gasteiger partial charge in [-0.15, -0.1) is 0 Å². The van der Waals surface area contributed by atoms with Crippen molar-refractivity contribution in [3.05, 3.63) is 119 Å². The Morgan fingerprint density at radius 1 is 0.854 bits per heavy atom. The Kier molecular flexibility index (Phi) is 11.8. The highest BCUT2D eigenvalue weighted by Gasteiger charge is 2.34. The van der Waals surface area contributed by atoms with Gasteiger partial charge in [0.05, 0.1) is 10.6 Å². The number of hydrogen-bond donors (Lipinski definition) is 1. The number of nitrogens with one attached hydrogen (secondary N) is 1. The van der Waals surface area contributed by atoms with Gasteiger partial charge in [0, 0.05) is 17.6 Å². The van der Waals surface area contributed by atoms with Gasteiger partial charge in [-0.2, -0.15) is 0 Å². The smallest absolute Gasteiger partial charge is 0.264 e. The topological polar surface area (TPSA) is 96.0 Å². The fourth-order valence-electron chi connectivity index (χ4n) is 5.92. The fraction of sp³-hybridized carbons (Fsp3) is 0.316. The molecule has 0 heterocycles. The first-order chi connectivity index (χ1) is 23.1. The Balaban J connectivity index is 1.48. The molecule has 0 saturated heterocycles. The summed E-state index contributed by atoms with van der Waals surface area (Å²) in [7, 11) is -4.20. The molecule has 1 aliphatic rings. The third-order valence-corrected chi connectivity index (χ3v) is 10.6. The van der Waals surface area contributed by atoms with E-state index in [2.05, 4.69) is 5.32 Å². The molecule has 0 aromatic heterocycles. The molecule has 4 aromatic rings. The van der Waals surface area contributed by atoms with Crippen molar-refractivity contribution in [1.29, 1.82) is 0 Å². The van der Waals surface area contributed by atoms with Crippen molar-refractivity contribution in [2.75, 3.05) is 10.8 Å². The maximum atomic E-state index is 14.4. The minimum atomic E-state index is -4.20. The van der Waals surface area contributed by atoms with Crippen LogP contribution in [0.5, 0.6) is 11.5 Å². The van der Waals surface area contributed by atoms with Gasteiger partial charge in [0.2, 0.25) is 11.8 Å². The van der Waals surface area contributed by atoms with Gasteiger partial charge in [-0.05, 0) is 92.4 Å². The number of amides is 2. The van der Waals surface area contributed by atoms with E-state index in [1.54, 1.807) is 60.7 Å². The molecule has 4 aromatic carbocycles. The van der Waals surface area contributed by atoms with Crippen LogP contribution >= 0.6 is 11.6 Å². The third kappa shape index (κ3) is 8.96. The number of carbonyl (C=O) groups is 2. The van der Waals surface area contributed by atoms with Gasteiger partial charge in [0.15, 0.2) is 0 Å². The van der Waals surface area contributed by atoms with Gasteiger partial charge in [-0.25, -0.2) is 8.42 Å². The number of hydrogen-bond acceptors (Lipinski definition) is 5. The van der Waals surface area contributed by atoms with E-state index in [1.165, 1.54) is 17.0 Å². The molecule has 48 heavy (non-hydrogen) atoms. The monoisotopic (exact) mass is 687 g/mol. The first-order valence-electron chi connectivity index (χ1n) is 16.4. The molecule has 5 rings (SSSR count). The zero-order valence-corrected chi connectivity index (χ0v) is 28.9. The molecule has 1 atom stereocenters. The molecule has 10 heteroatoms. The van der Waals surface area contributed by atoms with Crippen LogP contribution in [0.25, 0.3) is 0 Å². The van der Waals surface area contributed by atoms with Crippen LogP contribution in [-0.2, 0) is 26.2 Å². The lowest BCUT2D eigenvalue weighted by atomic mass is 9.95. The maximum Gasteiger partial charge on any atom is 0.264 e. The number of aryl methyl sites for hydroxylation is 1. The summed E-state index contributed by atoms with van der Waals surface area (Å²) in [5.74, 6) is 0.413. The summed E-state index contributed by atoms with van der Waals surface area (Å²) in [4.78, 5) is 29.7. The Morgan fingerprint density at radius 2 is 1.48 bits per heavy atom. The molecule has 2 amide bonds. The van der Waals surface area contributed by atoms with Gasteiger partial charge < -0.3 is 15.0 Å². The summed E-state index contributed by atoms with van der Waals surface area (Å²) in [5, 5.41) is 3.72. The number of benzene rings is 4. The van der Waals surface area contributed by atoms with Crippen LogP contribution in [0.2, 0.25) is 5.02 Å². The number of ether oxygens (including phenoxy) is 1. The molecule has 1 N–H and O–H groups in total. The normalized spacial score (nSPS) is 14.1. The van der Waals surface area contributed by atoms with Crippen LogP contribution in [0.3, 0.4) is 0 Å². The van der Waals surface area contributed by atoms with E-state index in [-0.39, 0.29) is 29.1 Å². The highest BCUT2D eigenvalue weighted by atomic mass is 35.5. The predicted octanol–water partition coefficient (Wildman–Crippen LogP) is 7.89. The van der Waals surface area contributed by atoms with Crippen LogP contribution in [-0.4, -0.2) is 43.8 Å². The molecule has 0 bridgehead atoms. The van der Waals surface area contributed by atoms with E-state index in [4.69, 9.17) is 16.3 Å². The molecule has 252 valence electrons. The Morgan fingerprint density at radius 3 is 2.10 bits per heavy atom. The lowest BCUT2D eigenvalue weighted by Crippen LogP contribution is -2.54. The third-order valence-electron chi connectivity index (χ3n) is 8.60. The zero-order valence-electron chi connectivity index (χ0n) is 27.3. The number of nitrogens with zero attached hydrogens (tertiary/aromatic N) is 2. The van der Waals surface area contributed by atoms with Crippen LogP contribution in [0.1, 0.15) is 56.6 Å². The molecular weight excluding hydrogens is 646 g/mol. The molecule has 0 spiro atoms. The maximum absolute atomic E-state index is 14.4. The Hall–Kier alpha value is -4.34. The Bertz CT molecular complexity index is 1760. The van der Waals surface area contributed by atoms with Crippen molar-refractivity contribution in [3.63, 3.8) is 0 Å². The van der Waals surface area contributed by atoms with Gasteiger partial charge in [-0.1, -0.05) is 85.8 Å². The van der Waals surface area contributed by atoms with Gasteiger partial charge >= 0.3 is 0 Å². The van der Waals surface area contributed by atoms with Crippen molar-refractivity contribution < 1.29 is 22.7 Å². The second kappa shape index (κ2) is 16.2. The van der Waals surface area contributed by atoms with Crippen LogP contribution < -0.4 is 14.4 Å². The first-order valence-corrected chi connectivity index (χ1v) is 18.2. The molecule has 1 saturated carbocycles. The number of sulfonamides is 1. The largest absolute Gasteiger partial charge is 0.457 e. The number of halogens is 1. The summed E-state index contributed by atoms with van der Waals surface area (Å²) in [5.41, 5.74) is 1.96. The second-order valence-electron chi connectivity index (χ2n) is 12.1. The fourth-order valence-corrected chi connectivity index (χ4v) is 7.46. The van der Waals surface area contributed by atoms with E-state index in [1.807, 2.05) is 44.2 Å². The summed E-state index contributed by atoms with van der Waals surface area (Å²) in [6.07, 6.45) is 5.41. The highest BCUT2D eigenvalue weighted by Crippen LogP contribution is 2.29. The van der Waals surface area contributed by atoms with Crippen molar-refractivity contribution >= 4 is 39.1 Å². The first kappa shape index (κ1) is 35.0. The molecule has 0 aliphatic heterocycles. The van der Waals surface area contributed by atoms with Crippen molar-refractivity contribution in [3.8, 4) is 11.5 Å². The number of anilines is 1. The van der Waals surface area contributed by atoms with Crippen molar-refractivity contribution in [1.82, 2.24) is 10.2 Å². The zero-order chi connectivity index (χ0) is 34.1. The predicted molar refractivity (Wildman–Crippen MR) is 190 cm³/mol. The average molecular weight is 688 g/mol. The summed E-state index contributed by atoms with van der Waals surface area (Å²) in [6.45, 7) is 3.32. The number of para-hydroxylation sites is 1. The molecular formula is C38H42ClN3O5S. The average Bonchev–Trinajstić information content (AvgIpc) is 3.09. The van der Waals surface area contributed by atoms with E-state index >= 15 is 0 Å². The Labute approximate surface area is 288 Å². The van der Waals surface area contributed by atoms with Crippen LogP contribution in [0, 0.1) is 6.92 Å². The highest BCUT2D eigenvalue weighted by molar-refractivity contribution is 7.92. The molecule has 1 fully saturated rings. The van der Waals surface area contributed by atoms with Gasteiger partial charge in [0.25, 0.3) is 10.0 Å². The SMILES string of the molecule is CCC(C(=O)NC1CCCCC1)N(Cc1ccc(Cl)cc1)C(=O)CN(c1ccc(Oc2ccccc2)cc1)S(=O)(=O)c1ccc(C)cc1. The van der Waals surface area contributed by atoms with Crippen molar-refractivity contribution in [2.45, 2.75) is 75.9 Å². The summed E-state index contributed by atoms with van der Waals surface area (Å²) < 4.78 is 35.5. The second-order valence-corrected chi connectivity index (χ2v) is 14.4. The van der Waals surface area contributed by atoms with Crippen molar-refractivity contribution in [2.24, 2.45) is 0 Å². The van der Waals surface area contributed by atoms with E-state index in [0.717, 1.165) is 47.5 Å². The van der Waals surface area contributed by atoms with E-state index < -0.39 is 28.5 Å². The number of carbonyl (C=O) groups excluding carboxylic acids is 2. The van der Waals surface area contributed by atoms with Gasteiger partial charge in [0.1, 0.15) is 24.1 Å². The van der Waals surface area contributed by atoms with Crippen LogP contribution in [0.4, 0.5) is 5.69 Å². The van der Waals surface area contributed by atoms with E-state index in [0.29, 0.717) is 22.9 Å². The van der Waals surface area contributed by atoms with Gasteiger partial charge in [-0.3, -0.25) is 13.9 Å². The molecule has 8 nitrogen and oxygen atoms in total. The van der Waals surface area contributed by atoms with Crippen LogP contribution in [0.15, 0.2) is 108 Å². The molecule has 0 radical (unpaired) electrons. The summed E-state index contributed by atoms with van der Waals surface area (Å²) >= 11 is 6.14. The quantitative estimate of drug-likeness (QED) is 0.154. The van der Waals surface area contributed by atoms with E-state index in [9.17, 15) is 18.0 Å². The minimum Gasteiger partial charge on any atom is -0.457 e. The summed E-state index contributed by atoms with van der Waals surface area (Å²) in [6, 6.07) is 28.7. The lowest BCUT2D eigenvalue weighted by molar-refractivity contribution is -0.140.